The first-order chi connectivity index (χ1) is 10.8. The van der Waals surface area contributed by atoms with Crippen LogP contribution in [0, 0.1) is 0 Å². The van der Waals surface area contributed by atoms with Crippen LogP contribution in [0.25, 0.3) is 0 Å². The standard InChI is InChI=1S/C17H22N4O/c1-2-3-11-19-17-20-13-10-15(21-17)16(22)18-12-9-14-7-5-4-6-8-14/h4-8,10,13H,2-3,9,11-12H2,1H3,(H,18,22)(H,19,20,21). The van der Waals surface area contributed by atoms with Crippen LogP contribution in [0.3, 0.4) is 0 Å². The van der Waals surface area contributed by atoms with Crippen molar-refractivity contribution < 1.29 is 4.79 Å². The summed E-state index contributed by atoms with van der Waals surface area (Å²) in [6.45, 7) is 3.53. The fourth-order valence-corrected chi connectivity index (χ4v) is 2.00. The second-order valence-corrected chi connectivity index (χ2v) is 5.04. The third kappa shape index (κ3) is 5.16. The minimum absolute atomic E-state index is 0.170. The Labute approximate surface area is 131 Å². The molecule has 116 valence electrons. The molecule has 0 saturated heterocycles. The lowest BCUT2D eigenvalue weighted by Gasteiger charge is -2.07. The van der Waals surface area contributed by atoms with Gasteiger partial charge in [0.05, 0.1) is 0 Å². The molecule has 0 aliphatic rings. The molecule has 5 nitrogen and oxygen atoms in total. The Bertz CT molecular complexity index is 586. The molecule has 5 heteroatoms. The fraction of sp³-hybridized carbons (Fsp3) is 0.353. The number of nitrogens with one attached hydrogen (secondary N) is 2. The number of nitrogens with zero attached hydrogens (tertiary/aromatic N) is 2. The molecule has 1 aromatic heterocycles. The van der Waals surface area contributed by atoms with Gasteiger partial charge in [-0.25, -0.2) is 9.97 Å². The molecule has 0 bridgehead atoms. The molecule has 22 heavy (non-hydrogen) atoms. The van der Waals surface area contributed by atoms with Gasteiger partial charge in [0.15, 0.2) is 0 Å². The molecule has 0 atom stereocenters. The third-order valence-corrected chi connectivity index (χ3v) is 3.24. The Morgan fingerprint density at radius 3 is 2.73 bits per heavy atom. The molecule has 0 aliphatic heterocycles. The molecule has 0 unspecified atom stereocenters. The van der Waals surface area contributed by atoms with E-state index in [1.807, 2.05) is 30.3 Å². The maximum absolute atomic E-state index is 12.1. The fourth-order valence-electron chi connectivity index (χ4n) is 2.00. The minimum atomic E-state index is -0.170. The number of benzene rings is 1. The van der Waals surface area contributed by atoms with E-state index >= 15 is 0 Å². The van der Waals surface area contributed by atoms with Gasteiger partial charge in [-0.15, -0.1) is 0 Å². The summed E-state index contributed by atoms with van der Waals surface area (Å²) < 4.78 is 0. The molecule has 2 N–H and O–H groups in total. The number of anilines is 1. The number of amides is 1. The van der Waals surface area contributed by atoms with Gasteiger partial charge in [-0.1, -0.05) is 43.7 Å². The van der Waals surface area contributed by atoms with E-state index < -0.39 is 0 Å². The van der Waals surface area contributed by atoms with Crippen molar-refractivity contribution >= 4 is 11.9 Å². The van der Waals surface area contributed by atoms with Gasteiger partial charge in [-0.3, -0.25) is 4.79 Å². The molecular weight excluding hydrogens is 276 g/mol. The summed E-state index contributed by atoms with van der Waals surface area (Å²) >= 11 is 0. The van der Waals surface area contributed by atoms with Crippen molar-refractivity contribution in [3.05, 3.63) is 53.9 Å². The van der Waals surface area contributed by atoms with Crippen molar-refractivity contribution in [2.45, 2.75) is 26.2 Å². The highest BCUT2D eigenvalue weighted by atomic mass is 16.1. The number of aromatic nitrogens is 2. The number of carbonyl (C=O) groups excluding carboxylic acids is 1. The summed E-state index contributed by atoms with van der Waals surface area (Å²) in [6, 6.07) is 11.7. The first kappa shape index (κ1) is 15.9. The van der Waals surface area contributed by atoms with Gasteiger partial charge in [-0.05, 0) is 24.5 Å². The average molecular weight is 298 g/mol. The molecular formula is C17H22N4O. The van der Waals surface area contributed by atoms with Crippen molar-refractivity contribution in [3.63, 3.8) is 0 Å². The van der Waals surface area contributed by atoms with E-state index in [-0.39, 0.29) is 5.91 Å². The van der Waals surface area contributed by atoms with Gasteiger partial charge in [0.25, 0.3) is 5.91 Å². The molecule has 1 heterocycles. The lowest BCUT2D eigenvalue weighted by Crippen LogP contribution is -2.27. The van der Waals surface area contributed by atoms with Crippen LogP contribution in [0.2, 0.25) is 0 Å². The van der Waals surface area contributed by atoms with E-state index in [1.165, 1.54) is 5.56 Å². The smallest absolute Gasteiger partial charge is 0.270 e. The van der Waals surface area contributed by atoms with Gasteiger partial charge in [0, 0.05) is 19.3 Å². The van der Waals surface area contributed by atoms with Crippen LogP contribution in [0.5, 0.6) is 0 Å². The Hall–Kier alpha value is -2.43. The normalized spacial score (nSPS) is 10.2. The number of hydrogen-bond acceptors (Lipinski definition) is 4. The van der Waals surface area contributed by atoms with Gasteiger partial charge in [0.2, 0.25) is 5.95 Å². The topological polar surface area (TPSA) is 66.9 Å². The van der Waals surface area contributed by atoms with Crippen LogP contribution in [-0.4, -0.2) is 29.0 Å². The highest BCUT2D eigenvalue weighted by Crippen LogP contribution is 2.02. The Balaban J connectivity index is 1.82. The van der Waals surface area contributed by atoms with E-state index in [1.54, 1.807) is 12.3 Å². The maximum atomic E-state index is 12.1. The van der Waals surface area contributed by atoms with Crippen LogP contribution in [-0.2, 0) is 6.42 Å². The summed E-state index contributed by atoms with van der Waals surface area (Å²) in [6.07, 6.45) is 4.57. The largest absolute Gasteiger partial charge is 0.354 e. The zero-order valence-electron chi connectivity index (χ0n) is 12.9. The van der Waals surface area contributed by atoms with E-state index in [0.717, 1.165) is 25.8 Å². The molecule has 0 saturated carbocycles. The highest BCUT2D eigenvalue weighted by molar-refractivity contribution is 5.92. The minimum Gasteiger partial charge on any atom is -0.354 e. The molecule has 0 fully saturated rings. The summed E-state index contributed by atoms with van der Waals surface area (Å²) in [5, 5.41) is 6.01. The zero-order valence-corrected chi connectivity index (χ0v) is 12.9. The molecule has 1 aromatic carbocycles. The number of unbranched alkanes of at least 4 members (excludes halogenated alkanes) is 1. The van der Waals surface area contributed by atoms with Crippen LogP contribution in [0.15, 0.2) is 42.6 Å². The molecule has 2 rings (SSSR count). The van der Waals surface area contributed by atoms with Crippen LogP contribution >= 0.6 is 0 Å². The quantitative estimate of drug-likeness (QED) is 0.735. The Kier molecular flexibility index (Phi) is 6.36. The predicted octanol–water partition coefficient (Wildman–Crippen LogP) is 2.66. The van der Waals surface area contributed by atoms with Gasteiger partial charge < -0.3 is 10.6 Å². The Morgan fingerprint density at radius 2 is 1.95 bits per heavy atom. The predicted molar refractivity (Wildman–Crippen MR) is 87.9 cm³/mol. The summed E-state index contributed by atoms with van der Waals surface area (Å²) in [5.41, 5.74) is 1.59. The molecule has 0 radical (unpaired) electrons. The second kappa shape index (κ2) is 8.77. The van der Waals surface area contributed by atoms with E-state index in [2.05, 4.69) is 27.5 Å². The highest BCUT2D eigenvalue weighted by Gasteiger charge is 2.08. The second-order valence-electron chi connectivity index (χ2n) is 5.04. The lowest BCUT2D eigenvalue weighted by molar-refractivity contribution is 0.0949. The first-order valence-corrected chi connectivity index (χ1v) is 7.68. The molecule has 0 spiro atoms. The van der Waals surface area contributed by atoms with Crippen molar-refractivity contribution in [2.24, 2.45) is 0 Å². The van der Waals surface area contributed by atoms with E-state index in [0.29, 0.717) is 18.2 Å². The monoisotopic (exact) mass is 298 g/mol. The third-order valence-electron chi connectivity index (χ3n) is 3.24. The van der Waals surface area contributed by atoms with Crippen molar-refractivity contribution in [1.29, 1.82) is 0 Å². The molecule has 0 aliphatic carbocycles. The van der Waals surface area contributed by atoms with Crippen LogP contribution in [0.4, 0.5) is 5.95 Å². The van der Waals surface area contributed by atoms with Gasteiger partial charge in [-0.2, -0.15) is 0 Å². The summed E-state index contributed by atoms with van der Waals surface area (Å²) in [7, 11) is 0. The maximum Gasteiger partial charge on any atom is 0.270 e. The van der Waals surface area contributed by atoms with Crippen LogP contribution in [0.1, 0.15) is 35.8 Å². The molecule has 1 amide bonds. The summed E-state index contributed by atoms with van der Waals surface area (Å²) in [5.74, 6) is 0.334. The number of hydrogen-bond donors (Lipinski definition) is 2. The number of carbonyl (C=O) groups is 1. The van der Waals surface area contributed by atoms with Crippen molar-refractivity contribution in [2.75, 3.05) is 18.4 Å². The number of rotatable bonds is 8. The van der Waals surface area contributed by atoms with E-state index in [9.17, 15) is 4.79 Å². The van der Waals surface area contributed by atoms with E-state index in [4.69, 9.17) is 0 Å². The zero-order chi connectivity index (χ0) is 15.6. The van der Waals surface area contributed by atoms with Crippen molar-refractivity contribution in [3.8, 4) is 0 Å². The lowest BCUT2D eigenvalue weighted by atomic mass is 10.1. The first-order valence-electron chi connectivity index (χ1n) is 7.68. The summed E-state index contributed by atoms with van der Waals surface area (Å²) in [4.78, 5) is 20.4. The van der Waals surface area contributed by atoms with Crippen LogP contribution < -0.4 is 10.6 Å². The van der Waals surface area contributed by atoms with Crippen molar-refractivity contribution in [1.82, 2.24) is 15.3 Å². The van der Waals surface area contributed by atoms with Gasteiger partial charge >= 0.3 is 0 Å². The molecule has 2 aromatic rings. The SMILES string of the molecule is CCCCNc1nccc(C(=O)NCCc2ccccc2)n1. The van der Waals surface area contributed by atoms with Gasteiger partial charge in [0.1, 0.15) is 5.69 Å². The average Bonchev–Trinajstić information content (AvgIpc) is 2.56. The Morgan fingerprint density at radius 1 is 1.14 bits per heavy atom.